The second-order valence-electron chi connectivity index (χ2n) is 5.60. The van der Waals surface area contributed by atoms with Gasteiger partial charge in [-0.3, -0.25) is 0 Å². The van der Waals surface area contributed by atoms with Crippen molar-refractivity contribution in [3.63, 3.8) is 0 Å². The van der Waals surface area contributed by atoms with E-state index in [0.29, 0.717) is 29.6 Å². The van der Waals surface area contributed by atoms with E-state index in [2.05, 4.69) is 19.9 Å². The normalized spacial score (nSPS) is 10.2. The van der Waals surface area contributed by atoms with E-state index >= 15 is 0 Å². The Bertz CT molecular complexity index is 370. The van der Waals surface area contributed by atoms with Gasteiger partial charge < -0.3 is 19.6 Å². The van der Waals surface area contributed by atoms with Gasteiger partial charge in [-0.05, 0) is 7.05 Å². The van der Waals surface area contributed by atoms with E-state index in [1.54, 1.807) is 0 Å². The molecule has 0 N–H and O–H groups in total. The fraction of sp³-hybridized carbons (Fsp3) is 0.786. The highest BCUT2D eigenvalue weighted by Gasteiger charge is 2.10. The first-order valence-electron chi connectivity index (χ1n) is 7.31. The topological polar surface area (TPSA) is 51.6 Å². The Morgan fingerprint density at radius 2 is 0.870 bits per heavy atom. The molecular formula is C14H29Cl2N7. The number of anilines is 3. The summed E-state index contributed by atoms with van der Waals surface area (Å²) < 4.78 is 0. The van der Waals surface area contributed by atoms with Gasteiger partial charge in [-0.15, -0.1) is 23.2 Å². The van der Waals surface area contributed by atoms with E-state index in [1.165, 1.54) is 0 Å². The second kappa shape index (κ2) is 11.5. The lowest BCUT2D eigenvalue weighted by Crippen LogP contribution is -2.22. The first-order valence-corrected chi connectivity index (χ1v) is 8.38. The number of halogens is 2. The molecule has 0 amide bonds. The fourth-order valence-electron chi connectivity index (χ4n) is 1.34. The van der Waals surface area contributed by atoms with Crippen LogP contribution >= 0.6 is 23.2 Å². The lowest BCUT2D eigenvalue weighted by Gasteiger charge is -2.18. The van der Waals surface area contributed by atoms with E-state index in [-0.39, 0.29) is 0 Å². The molecule has 0 aromatic carbocycles. The van der Waals surface area contributed by atoms with Crippen molar-refractivity contribution in [3.8, 4) is 0 Å². The molecule has 134 valence electrons. The van der Waals surface area contributed by atoms with Gasteiger partial charge >= 0.3 is 0 Å². The zero-order valence-electron chi connectivity index (χ0n) is 15.2. The van der Waals surface area contributed by atoms with Crippen molar-refractivity contribution < 1.29 is 0 Å². The van der Waals surface area contributed by atoms with Crippen molar-refractivity contribution in [2.75, 3.05) is 88.9 Å². The van der Waals surface area contributed by atoms with Crippen LogP contribution in [0.4, 0.5) is 17.8 Å². The van der Waals surface area contributed by atoms with Crippen LogP contribution < -0.4 is 14.7 Å². The SMILES string of the molecule is CN(C)c1nc(N(C)C)nc(N(C)C)n1.CN(CCCl)CCCl. The number of nitrogens with zero attached hydrogens (tertiary/aromatic N) is 7. The summed E-state index contributed by atoms with van der Waals surface area (Å²) in [6, 6.07) is 0. The van der Waals surface area contributed by atoms with Gasteiger partial charge in [0.2, 0.25) is 17.8 Å². The van der Waals surface area contributed by atoms with Crippen molar-refractivity contribution in [3.05, 3.63) is 0 Å². The molecule has 0 saturated carbocycles. The van der Waals surface area contributed by atoms with Crippen molar-refractivity contribution >= 4 is 41.0 Å². The zero-order chi connectivity index (χ0) is 18.0. The van der Waals surface area contributed by atoms with Crippen LogP contribution in [0.3, 0.4) is 0 Å². The van der Waals surface area contributed by atoms with Gasteiger partial charge in [-0.2, -0.15) is 15.0 Å². The smallest absolute Gasteiger partial charge is 0.231 e. The Morgan fingerprint density at radius 1 is 0.609 bits per heavy atom. The van der Waals surface area contributed by atoms with Crippen LogP contribution in [0.2, 0.25) is 0 Å². The van der Waals surface area contributed by atoms with E-state index < -0.39 is 0 Å². The van der Waals surface area contributed by atoms with Crippen molar-refractivity contribution in [2.45, 2.75) is 0 Å². The number of aromatic nitrogens is 3. The molecule has 0 saturated heterocycles. The van der Waals surface area contributed by atoms with E-state index in [9.17, 15) is 0 Å². The maximum absolute atomic E-state index is 5.45. The van der Waals surface area contributed by atoms with Crippen LogP contribution in [0.5, 0.6) is 0 Å². The van der Waals surface area contributed by atoms with Crippen LogP contribution in [0.1, 0.15) is 0 Å². The fourth-order valence-corrected chi connectivity index (χ4v) is 1.92. The monoisotopic (exact) mass is 365 g/mol. The third-order valence-corrected chi connectivity index (χ3v) is 3.07. The molecular weight excluding hydrogens is 337 g/mol. The van der Waals surface area contributed by atoms with E-state index in [1.807, 2.05) is 64.0 Å². The van der Waals surface area contributed by atoms with Crippen molar-refractivity contribution in [1.82, 2.24) is 19.9 Å². The highest BCUT2D eigenvalue weighted by atomic mass is 35.5. The van der Waals surface area contributed by atoms with Gasteiger partial charge in [0.05, 0.1) is 0 Å². The highest BCUT2D eigenvalue weighted by Crippen LogP contribution is 2.14. The van der Waals surface area contributed by atoms with Crippen molar-refractivity contribution in [2.24, 2.45) is 0 Å². The number of rotatable bonds is 7. The predicted molar refractivity (Wildman–Crippen MR) is 102 cm³/mol. The summed E-state index contributed by atoms with van der Waals surface area (Å²) in [7, 11) is 13.5. The summed E-state index contributed by atoms with van der Waals surface area (Å²) in [6.07, 6.45) is 0. The largest absolute Gasteiger partial charge is 0.347 e. The maximum atomic E-state index is 5.45. The van der Waals surface area contributed by atoms with Crippen molar-refractivity contribution in [1.29, 1.82) is 0 Å². The molecule has 0 radical (unpaired) electrons. The third kappa shape index (κ3) is 8.98. The summed E-state index contributed by atoms with van der Waals surface area (Å²) in [6.45, 7) is 1.85. The minimum atomic E-state index is 0.664. The van der Waals surface area contributed by atoms with Gasteiger partial charge in [0.15, 0.2) is 0 Å². The summed E-state index contributed by atoms with van der Waals surface area (Å²) in [5.41, 5.74) is 0. The molecule has 9 heteroatoms. The van der Waals surface area contributed by atoms with Gasteiger partial charge in [-0.25, -0.2) is 0 Å². The van der Waals surface area contributed by atoms with Crippen LogP contribution in [0.15, 0.2) is 0 Å². The summed E-state index contributed by atoms with van der Waals surface area (Å²) in [5, 5.41) is 0. The molecule has 1 heterocycles. The standard InChI is InChI=1S/C9H18N6.C5H11Cl2N/c1-13(2)7-10-8(14(3)4)12-9(11-7)15(5)6;1-8(4-2-6)5-3-7/h1-6H3;2-5H2,1H3. The van der Waals surface area contributed by atoms with Gasteiger partial charge in [0.1, 0.15) is 0 Å². The van der Waals surface area contributed by atoms with Gasteiger partial charge in [0.25, 0.3) is 0 Å². The van der Waals surface area contributed by atoms with Crippen LogP contribution in [0, 0.1) is 0 Å². The Morgan fingerprint density at radius 3 is 1.04 bits per heavy atom. The lowest BCUT2D eigenvalue weighted by molar-refractivity contribution is 0.378. The number of alkyl halides is 2. The third-order valence-electron chi connectivity index (χ3n) is 2.73. The molecule has 0 aliphatic carbocycles. The Balaban J connectivity index is 0.000000515. The second-order valence-corrected chi connectivity index (χ2v) is 6.36. The summed E-state index contributed by atoms with van der Waals surface area (Å²) in [5.74, 6) is 3.37. The molecule has 0 aliphatic heterocycles. The minimum absolute atomic E-state index is 0.664. The zero-order valence-corrected chi connectivity index (χ0v) is 16.7. The van der Waals surface area contributed by atoms with Crippen LogP contribution in [0.25, 0.3) is 0 Å². The first kappa shape index (κ1) is 21.9. The molecule has 0 fully saturated rings. The Kier molecular flexibility index (Phi) is 11.0. The lowest BCUT2D eigenvalue weighted by atomic mass is 10.6. The summed E-state index contributed by atoms with van der Waals surface area (Å²) >= 11 is 10.9. The average Bonchev–Trinajstić information content (AvgIpc) is 2.47. The predicted octanol–water partition coefficient (Wildman–Crippen LogP) is 1.47. The average molecular weight is 366 g/mol. The minimum Gasteiger partial charge on any atom is -0.347 e. The van der Waals surface area contributed by atoms with E-state index in [4.69, 9.17) is 23.2 Å². The molecule has 0 bridgehead atoms. The van der Waals surface area contributed by atoms with Crippen LogP contribution in [-0.4, -0.2) is 94.0 Å². The number of hydrogen-bond acceptors (Lipinski definition) is 7. The molecule has 0 atom stereocenters. The molecule has 23 heavy (non-hydrogen) atoms. The molecule has 1 aromatic rings. The Hall–Kier alpha value is -1.05. The Labute approximate surface area is 150 Å². The quantitative estimate of drug-likeness (QED) is 0.678. The van der Waals surface area contributed by atoms with E-state index in [0.717, 1.165) is 13.1 Å². The molecule has 1 aromatic heterocycles. The summed E-state index contributed by atoms with van der Waals surface area (Å²) in [4.78, 5) is 20.6. The van der Waals surface area contributed by atoms with Gasteiger partial charge in [-0.1, -0.05) is 0 Å². The van der Waals surface area contributed by atoms with Gasteiger partial charge in [0, 0.05) is 67.1 Å². The number of hydrogen-bond donors (Lipinski definition) is 0. The molecule has 0 spiro atoms. The molecule has 7 nitrogen and oxygen atoms in total. The maximum Gasteiger partial charge on any atom is 0.231 e. The first-order chi connectivity index (χ1) is 10.7. The highest BCUT2D eigenvalue weighted by molar-refractivity contribution is 6.18. The molecule has 1 rings (SSSR count). The molecule has 0 unspecified atom stereocenters. The van der Waals surface area contributed by atoms with Crippen LogP contribution in [-0.2, 0) is 0 Å². The molecule has 0 aliphatic rings.